The molecule has 0 saturated heterocycles. The number of carbonyl (C=O) groups is 2. The summed E-state index contributed by atoms with van der Waals surface area (Å²) in [6, 6.07) is 14.8. The topological polar surface area (TPSA) is 71.9 Å². The number of likely N-dealkylation sites (N-methyl/N-ethyl adjacent to an activating group) is 1. The third-order valence-corrected chi connectivity index (χ3v) is 4.11. The van der Waals surface area contributed by atoms with E-state index >= 15 is 0 Å². The van der Waals surface area contributed by atoms with E-state index in [1.165, 1.54) is 0 Å². The summed E-state index contributed by atoms with van der Waals surface area (Å²) in [6.07, 6.45) is 0. The molecule has 0 fully saturated rings. The summed E-state index contributed by atoms with van der Waals surface area (Å²) < 4.78 is 5.10. The van der Waals surface area contributed by atoms with E-state index in [-0.39, 0.29) is 24.9 Å². The number of nitrogens with one attached hydrogen (secondary N) is 3. The summed E-state index contributed by atoms with van der Waals surface area (Å²) >= 11 is 0. The predicted octanol–water partition coefficient (Wildman–Crippen LogP) is 1.49. The summed E-state index contributed by atoms with van der Waals surface area (Å²) in [7, 11) is 1.60. The first kappa shape index (κ1) is 19.5. The number of para-hydroxylation sites is 1. The molecule has 0 aliphatic carbocycles. The van der Waals surface area contributed by atoms with Crippen molar-refractivity contribution in [1.82, 2.24) is 0 Å². The van der Waals surface area contributed by atoms with Crippen molar-refractivity contribution in [3.8, 4) is 5.75 Å². The van der Waals surface area contributed by atoms with Gasteiger partial charge in [0.2, 0.25) is 0 Å². The zero-order chi connectivity index (χ0) is 18.9. The first-order chi connectivity index (χ1) is 12.5. The molecule has 0 aromatic heterocycles. The Balaban J connectivity index is 1.86. The fourth-order valence-corrected chi connectivity index (χ4v) is 2.55. The molecule has 1 atom stereocenters. The highest BCUT2D eigenvalue weighted by Crippen LogP contribution is 2.14. The standard InChI is InChI=1S/C20H25N3O3/c1-4-23(14-20(25)22-18-8-6-5-7-15(18)2)13-19(24)21-16-9-11-17(26-3)12-10-16/h5-12H,4,13-14H2,1-3H3,(H,21,24)(H,22,25)/p+1. The Morgan fingerprint density at radius 1 is 0.962 bits per heavy atom. The monoisotopic (exact) mass is 356 g/mol. The van der Waals surface area contributed by atoms with Gasteiger partial charge in [-0.25, -0.2) is 0 Å². The van der Waals surface area contributed by atoms with Crippen LogP contribution in [0.25, 0.3) is 0 Å². The highest BCUT2D eigenvalue weighted by atomic mass is 16.5. The number of methoxy groups -OCH3 is 1. The lowest BCUT2D eigenvalue weighted by Crippen LogP contribution is -3.13. The largest absolute Gasteiger partial charge is 0.497 e. The normalized spacial score (nSPS) is 11.5. The van der Waals surface area contributed by atoms with E-state index in [1.807, 2.05) is 38.1 Å². The molecular formula is C20H26N3O3+. The van der Waals surface area contributed by atoms with Gasteiger partial charge < -0.3 is 20.3 Å². The molecular weight excluding hydrogens is 330 g/mol. The van der Waals surface area contributed by atoms with Gasteiger partial charge in [0.15, 0.2) is 13.1 Å². The van der Waals surface area contributed by atoms with Gasteiger partial charge in [-0.3, -0.25) is 9.59 Å². The zero-order valence-electron chi connectivity index (χ0n) is 15.5. The number of hydrogen-bond acceptors (Lipinski definition) is 3. The number of quaternary nitrogens is 1. The van der Waals surface area contributed by atoms with Gasteiger partial charge in [0, 0.05) is 11.4 Å². The van der Waals surface area contributed by atoms with Gasteiger partial charge in [0.05, 0.1) is 13.7 Å². The number of amides is 2. The van der Waals surface area contributed by atoms with E-state index in [2.05, 4.69) is 10.6 Å². The number of anilines is 2. The van der Waals surface area contributed by atoms with Crippen molar-refractivity contribution in [2.24, 2.45) is 0 Å². The van der Waals surface area contributed by atoms with Crippen molar-refractivity contribution >= 4 is 23.2 Å². The van der Waals surface area contributed by atoms with Gasteiger partial charge in [0.25, 0.3) is 11.8 Å². The number of rotatable bonds is 8. The Bertz CT molecular complexity index is 744. The Morgan fingerprint density at radius 3 is 2.15 bits per heavy atom. The van der Waals surface area contributed by atoms with Crippen molar-refractivity contribution in [3.63, 3.8) is 0 Å². The maximum atomic E-state index is 12.3. The van der Waals surface area contributed by atoms with Crippen LogP contribution in [0, 0.1) is 6.92 Å². The second-order valence-corrected chi connectivity index (χ2v) is 6.10. The van der Waals surface area contributed by atoms with Crippen LogP contribution in [0.1, 0.15) is 12.5 Å². The average molecular weight is 356 g/mol. The minimum absolute atomic E-state index is 0.103. The van der Waals surface area contributed by atoms with E-state index in [0.717, 1.165) is 21.9 Å². The number of carbonyl (C=O) groups excluding carboxylic acids is 2. The zero-order valence-corrected chi connectivity index (χ0v) is 15.5. The van der Waals surface area contributed by atoms with E-state index < -0.39 is 0 Å². The van der Waals surface area contributed by atoms with Crippen LogP contribution in [-0.2, 0) is 9.59 Å². The summed E-state index contributed by atoms with van der Waals surface area (Å²) in [4.78, 5) is 25.4. The minimum Gasteiger partial charge on any atom is -0.497 e. The molecule has 3 N–H and O–H groups in total. The highest BCUT2D eigenvalue weighted by molar-refractivity contribution is 5.93. The predicted molar refractivity (Wildman–Crippen MR) is 103 cm³/mol. The summed E-state index contributed by atoms with van der Waals surface area (Å²) in [5.74, 6) is 0.501. The van der Waals surface area contributed by atoms with E-state index in [0.29, 0.717) is 12.2 Å². The molecule has 0 radical (unpaired) electrons. The van der Waals surface area contributed by atoms with Gasteiger partial charge in [0.1, 0.15) is 5.75 Å². The van der Waals surface area contributed by atoms with Crippen molar-refractivity contribution < 1.29 is 19.2 Å². The van der Waals surface area contributed by atoms with Crippen molar-refractivity contribution in [1.29, 1.82) is 0 Å². The van der Waals surface area contributed by atoms with E-state index in [1.54, 1.807) is 31.4 Å². The van der Waals surface area contributed by atoms with Gasteiger partial charge in [-0.05, 0) is 49.7 Å². The number of hydrogen-bond donors (Lipinski definition) is 3. The lowest BCUT2D eigenvalue weighted by Gasteiger charge is -2.17. The molecule has 0 aliphatic heterocycles. The first-order valence-corrected chi connectivity index (χ1v) is 8.64. The SMILES string of the molecule is CC[NH+](CC(=O)Nc1ccc(OC)cc1)CC(=O)Nc1ccccc1C. The second kappa shape index (κ2) is 9.58. The van der Waals surface area contributed by atoms with E-state index in [9.17, 15) is 9.59 Å². The summed E-state index contributed by atoms with van der Waals surface area (Å²) in [5.41, 5.74) is 2.52. The lowest BCUT2D eigenvalue weighted by atomic mass is 10.2. The Hall–Kier alpha value is -2.86. The number of benzene rings is 2. The second-order valence-electron chi connectivity index (χ2n) is 6.10. The van der Waals surface area contributed by atoms with Crippen LogP contribution in [0.5, 0.6) is 5.75 Å². The molecule has 6 nitrogen and oxygen atoms in total. The average Bonchev–Trinajstić information content (AvgIpc) is 2.63. The van der Waals surface area contributed by atoms with Crippen molar-refractivity contribution in [2.75, 3.05) is 37.4 Å². The summed E-state index contributed by atoms with van der Waals surface area (Å²) in [5, 5.41) is 5.75. The van der Waals surface area contributed by atoms with E-state index in [4.69, 9.17) is 4.74 Å². The highest BCUT2D eigenvalue weighted by Gasteiger charge is 2.17. The molecule has 0 bridgehead atoms. The van der Waals surface area contributed by atoms with Gasteiger partial charge in [-0.2, -0.15) is 0 Å². The molecule has 0 saturated carbocycles. The molecule has 0 heterocycles. The number of aryl methyl sites for hydroxylation is 1. The maximum absolute atomic E-state index is 12.3. The van der Waals surface area contributed by atoms with Gasteiger partial charge in [-0.1, -0.05) is 18.2 Å². The molecule has 0 aliphatic rings. The number of ether oxygens (including phenoxy) is 1. The molecule has 2 rings (SSSR count). The molecule has 26 heavy (non-hydrogen) atoms. The van der Waals surface area contributed by atoms with Crippen LogP contribution in [0.3, 0.4) is 0 Å². The first-order valence-electron chi connectivity index (χ1n) is 8.64. The van der Waals surface area contributed by atoms with Crippen molar-refractivity contribution in [2.45, 2.75) is 13.8 Å². The summed E-state index contributed by atoms with van der Waals surface area (Å²) in [6.45, 7) is 5.04. The molecule has 1 unspecified atom stereocenters. The Morgan fingerprint density at radius 2 is 1.58 bits per heavy atom. The molecule has 2 aromatic carbocycles. The maximum Gasteiger partial charge on any atom is 0.279 e. The molecule has 2 aromatic rings. The molecule has 2 amide bonds. The lowest BCUT2D eigenvalue weighted by molar-refractivity contribution is -0.881. The van der Waals surface area contributed by atoms with Crippen molar-refractivity contribution in [3.05, 3.63) is 54.1 Å². The minimum atomic E-state index is -0.129. The van der Waals surface area contributed by atoms with Crippen LogP contribution >= 0.6 is 0 Å². The smallest absolute Gasteiger partial charge is 0.279 e. The van der Waals surface area contributed by atoms with Crippen LogP contribution in [0.15, 0.2) is 48.5 Å². The molecule has 6 heteroatoms. The van der Waals surface area contributed by atoms with Gasteiger partial charge in [-0.15, -0.1) is 0 Å². The third-order valence-electron chi connectivity index (χ3n) is 4.11. The molecule has 138 valence electrons. The Kier molecular flexibility index (Phi) is 7.17. The van der Waals surface area contributed by atoms with Crippen LogP contribution in [0.2, 0.25) is 0 Å². The quantitative estimate of drug-likeness (QED) is 0.671. The Labute approximate surface area is 154 Å². The van der Waals surface area contributed by atoms with Crippen LogP contribution < -0.4 is 20.3 Å². The fourth-order valence-electron chi connectivity index (χ4n) is 2.55. The molecule has 0 spiro atoms. The van der Waals surface area contributed by atoms with Gasteiger partial charge >= 0.3 is 0 Å². The fraction of sp³-hybridized carbons (Fsp3) is 0.300. The van der Waals surface area contributed by atoms with Crippen LogP contribution in [0.4, 0.5) is 11.4 Å². The third kappa shape index (κ3) is 5.89. The van der Waals surface area contributed by atoms with Crippen LogP contribution in [-0.4, -0.2) is 38.6 Å².